The van der Waals surface area contributed by atoms with Crippen molar-refractivity contribution < 1.29 is 4.79 Å². The highest BCUT2D eigenvalue weighted by Crippen LogP contribution is 2.30. The van der Waals surface area contributed by atoms with E-state index in [0.29, 0.717) is 16.4 Å². The molecule has 7 heteroatoms. The summed E-state index contributed by atoms with van der Waals surface area (Å²) in [6, 6.07) is 12.8. The van der Waals surface area contributed by atoms with Crippen LogP contribution in [0.5, 0.6) is 0 Å². The third-order valence-corrected chi connectivity index (χ3v) is 5.41. The molecule has 2 aromatic heterocycles. The summed E-state index contributed by atoms with van der Waals surface area (Å²) >= 11 is 7.45. The maximum Gasteiger partial charge on any atom is 0.256 e. The zero-order valence-corrected chi connectivity index (χ0v) is 16.6. The van der Waals surface area contributed by atoms with Gasteiger partial charge in [0.05, 0.1) is 15.9 Å². The Morgan fingerprint density at radius 3 is 2.59 bits per heavy atom. The minimum absolute atomic E-state index is 0.221. The first-order valence-electron chi connectivity index (χ1n) is 8.42. The number of anilines is 1. The number of halogens is 1. The molecule has 4 aromatic rings. The van der Waals surface area contributed by atoms with Gasteiger partial charge in [0.15, 0.2) is 0 Å². The SMILES string of the molecule is Cc1cc(C)c2nc(-n3nc(C)cc3NC(=O)c3ccc(Cl)cc3)sc2c1. The van der Waals surface area contributed by atoms with Crippen molar-refractivity contribution >= 4 is 44.9 Å². The topological polar surface area (TPSA) is 59.8 Å². The molecular weight excluding hydrogens is 380 g/mol. The molecule has 0 aliphatic carbocycles. The number of fused-ring (bicyclic) bond motifs is 1. The van der Waals surface area contributed by atoms with Crippen LogP contribution in [0.3, 0.4) is 0 Å². The lowest BCUT2D eigenvalue weighted by Gasteiger charge is -2.06. The van der Waals surface area contributed by atoms with Crippen LogP contribution in [0.15, 0.2) is 42.5 Å². The summed E-state index contributed by atoms with van der Waals surface area (Å²) in [7, 11) is 0. The smallest absolute Gasteiger partial charge is 0.256 e. The van der Waals surface area contributed by atoms with E-state index in [9.17, 15) is 4.79 Å². The van der Waals surface area contributed by atoms with Gasteiger partial charge in [-0.1, -0.05) is 29.0 Å². The molecule has 2 aromatic carbocycles. The lowest BCUT2D eigenvalue weighted by Crippen LogP contribution is -2.15. The molecule has 0 bridgehead atoms. The van der Waals surface area contributed by atoms with Crippen LogP contribution in [0.25, 0.3) is 15.3 Å². The molecule has 0 radical (unpaired) electrons. The maximum atomic E-state index is 12.6. The number of nitrogens with one attached hydrogen (secondary N) is 1. The fourth-order valence-corrected chi connectivity index (χ4v) is 4.21. The molecule has 0 aliphatic rings. The first-order valence-corrected chi connectivity index (χ1v) is 9.62. The normalized spacial score (nSPS) is 11.1. The van der Waals surface area contributed by atoms with Crippen LogP contribution in [0.2, 0.25) is 5.02 Å². The molecule has 136 valence electrons. The number of carbonyl (C=O) groups is 1. The molecular formula is C20H17ClN4OS. The van der Waals surface area contributed by atoms with Gasteiger partial charge >= 0.3 is 0 Å². The number of carbonyl (C=O) groups excluding carboxylic acids is 1. The van der Waals surface area contributed by atoms with Crippen LogP contribution < -0.4 is 5.32 Å². The van der Waals surface area contributed by atoms with Crippen LogP contribution >= 0.6 is 22.9 Å². The van der Waals surface area contributed by atoms with Gasteiger partial charge in [0, 0.05) is 16.7 Å². The summed E-state index contributed by atoms with van der Waals surface area (Å²) in [5.41, 5.74) is 4.61. The second kappa shape index (κ2) is 6.79. The van der Waals surface area contributed by atoms with Crippen LogP contribution in [0, 0.1) is 20.8 Å². The molecule has 4 rings (SSSR count). The third kappa shape index (κ3) is 3.46. The summed E-state index contributed by atoms with van der Waals surface area (Å²) in [4.78, 5) is 17.3. The van der Waals surface area contributed by atoms with E-state index in [1.807, 2.05) is 13.0 Å². The molecule has 1 N–H and O–H groups in total. The first-order chi connectivity index (χ1) is 12.9. The van der Waals surface area contributed by atoms with Gasteiger partial charge in [-0.15, -0.1) is 0 Å². The predicted molar refractivity (Wildman–Crippen MR) is 110 cm³/mol. The molecule has 0 fully saturated rings. The Hall–Kier alpha value is -2.70. The van der Waals surface area contributed by atoms with Crippen molar-refractivity contribution in [3.63, 3.8) is 0 Å². The van der Waals surface area contributed by atoms with Crippen LogP contribution in [0.1, 0.15) is 27.2 Å². The third-order valence-electron chi connectivity index (χ3n) is 4.18. The summed E-state index contributed by atoms with van der Waals surface area (Å²) in [6.45, 7) is 6.01. The molecule has 2 heterocycles. The van der Waals surface area contributed by atoms with E-state index in [-0.39, 0.29) is 5.91 Å². The monoisotopic (exact) mass is 396 g/mol. The minimum Gasteiger partial charge on any atom is -0.306 e. The second-order valence-corrected chi connectivity index (χ2v) is 7.91. The summed E-state index contributed by atoms with van der Waals surface area (Å²) in [6.07, 6.45) is 0. The zero-order chi connectivity index (χ0) is 19.1. The average Bonchev–Trinajstić information content (AvgIpc) is 3.18. The minimum atomic E-state index is -0.221. The van der Waals surface area contributed by atoms with Gasteiger partial charge in [0.1, 0.15) is 5.82 Å². The van der Waals surface area contributed by atoms with Crippen molar-refractivity contribution in [3.8, 4) is 5.13 Å². The number of hydrogen-bond donors (Lipinski definition) is 1. The van der Waals surface area contributed by atoms with Gasteiger partial charge in [-0.05, 0) is 62.2 Å². The van der Waals surface area contributed by atoms with Crippen LogP contribution in [0.4, 0.5) is 5.82 Å². The highest BCUT2D eigenvalue weighted by Gasteiger charge is 2.16. The van der Waals surface area contributed by atoms with E-state index in [4.69, 9.17) is 16.6 Å². The van der Waals surface area contributed by atoms with Crippen molar-refractivity contribution in [2.45, 2.75) is 20.8 Å². The first kappa shape index (κ1) is 17.7. The molecule has 0 aliphatic heterocycles. The van der Waals surface area contributed by atoms with Crippen molar-refractivity contribution in [1.29, 1.82) is 0 Å². The van der Waals surface area contributed by atoms with E-state index in [1.54, 1.807) is 40.3 Å². The molecule has 0 saturated heterocycles. The van der Waals surface area contributed by atoms with Crippen molar-refractivity contribution in [3.05, 3.63) is 69.9 Å². The highest BCUT2D eigenvalue weighted by atomic mass is 35.5. The van der Waals surface area contributed by atoms with Crippen LogP contribution in [-0.4, -0.2) is 20.7 Å². The lowest BCUT2D eigenvalue weighted by molar-refractivity contribution is 0.102. The largest absolute Gasteiger partial charge is 0.306 e. The number of amides is 1. The Kier molecular flexibility index (Phi) is 4.45. The van der Waals surface area contributed by atoms with E-state index in [1.165, 1.54) is 5.56 Å². The molecule has 1 amide bonds. The zero-order valence-electron chi connectivity index (χ0n) is 15.1. The number of aromatic nitrogens is 3. The summed E-state index contributed by atoms with van der Waals surface area (Å²) < 4.78 is 2.79. The fraction of sp³-hybridized carbons (Fsp3) is 0.150. The fourth-order valence-electron chi connectivity index (χ4n) is 2.97. The van der Waals surface area contributed by atoms with E-state index < -0.39 is 0 Å². The van der Waals surface area contributed by atoms with Crippen LogP contribution in [-0.2, 0) is 0 Å². The molecule has 0 unspecified atom stereocenters. The molecule has 5 nitrogen and oxygen atoms in total. The summed E-state index contributed by atoms with van der Waals surface area (Å²) in [5, 5.41) is 8.75. The van der Waals surface area contributed by atoms with Gasteiger partial charge in [0.2, 0.25) is 5.13 Å². The quantitative estimate of drug-likeness (QED) is 0.510. The standard InChI is InChI=1S/C20H17ClN4OS/c1-11-8-12(2)18-16(9-11)27-20(23-18)25-17(10-13(3)24-25)22-19(26)14-4-6-15(21)7-5-14/h4-10H,1-3H3,(H,22,26). The predicted octanol–water partition coefficient (Wildman–Crippen LogP) is 5.31. The van der Waals surface area contributed by atoms with E-state index >= 15 is 0 Å². The van der Waals surface area contributed by atoms with Crippen molar-refractivity contribution in [2.75, 3.05) is 5.32 Å². The number of benzene rings is 2. The lowest BCUT2D eigenvalue weighted by atomic mass is 10.1. The van der Waals surface area contributed by atoms with Crippen molar-refractivity contribution in [2.24, 2.45) is 0 Å². The number of rotatable bonds is 3. The number of thiazole rings is 1. The Balaban J connectivity index is 1.72. The van der Waals surface area contributed by atoms with Gasteiger partial charge in [-0.3, -0.25) is 4.79 Å². The van der Waals surface area contributed by atoms with Crippen molar-refractivity contribution in [1.82, 2.24) is 14.8 Å². The van der Waals surface area contributed by atoms with Gasteiger partial charge < -0.3 is 5.32 Å². The highest BCUT2D eigenvalue weighted by molar-refractivity contribution is 7.20. The molecule has 0 spiro atoms. The maximum absolute atomic E-state index is 12.6. The van der Waals surface area contributed by atoms with Gasteiger partial charge in [-0.2, -0.15) is 9.78 Å². The van der Waals surface area contributed by atoms with Gasteiger partial charge in [0.25, 0.3) is 5.91 Å². The molecule has 0 saturated carbocycles. The Labute approximate surface area is 165 Å². The molecule has 0 atom stereocenters. The Bertz CT molecular complexity index is 1160. The second-order valence-electron chi connectivity index (χ2n) is 6.47. The summed E-state index contributed by atoms with van der Waals surface area (Å²) in [5.74, 6) is 0.363. The Morgan fingerprint density at radius 2 is 1.85 bits per heavy atom. The Morgan fingerprint density at radius 1 is 1.11 bits per heavy atom. The van der Waals surface area contributed by atoms with Gasteiger partial charge in [-0.25, -0.2) is 4.98 Å². The number of nitrogens with zero attached hydrogens (tertiary/aromatic N) is 3. The van der Waals surface area contributed by atoms with E-state index in [0.717, 1.165) is 26.6 Å². The molecule has 27 heavy (non-hydrogen) atoms. The van der Waals surface area contributed by atoms with E-state index in [2.05, 4.69) is 36.4 Å². The number of aryl methyl sites for hydroxylation is 3. The number of hydrogen-bond acceptors (Lipinski definition) is 4. The average molecular weight is 397 g/mol.